The molecule has 1 aromatic carbocycles. The van der Waals surface area contributed by atoms with E-state index < -0.39 is 7.12 Å². The predicted molar refractivity (Wildman–Crippen MR) is 47.9 cm³/mol. The highest BCUT2D eigenvalue weighted by molar-refractivity contribution is 6.59. The average molecular weight is 180 g/mol. The van der Waals surface area contributed by atoms with Gasteiger partial charge in [-0.15, -0.1) is 0 Å². The minimum atomic E-state index is -1.76. The van der Waals surface area contributed by atoms with Crippen LogP contribution in [0, 0.1) is 0 Å². The summed E-state index contributed by atoms with van der Waals surface area (Å²) in [5.41, 5.74) is 0.272. The van der Waals surface area contributed by atoms with Crippen LogP contribution in [0.15, 0.2) is 18.2 Å². The van der Waals surface area contributed by atoms with Crippen LogP contribution in [0.2, 0.25) is 0 Å². The number of rotatable bonds is 2. The van der Waals surface area contributed by atoms with Crippen LogP contribution in [0.25, 0.3) is 0 Å². The van der Waals surface area contributed by atoms with E-state index in [-0.39, 0.29) is 17.0 Å². The van der Waals surface area contributed by atoms with Crippen molar-refractivity contribution >= 4 is 18.4 Å². The fourth-order valence-electron chi connectivity index (χ4n) is 0.980. The molecule has 3 N–H and O–H groups in total. The Bertz CT molecular complexity index is 335. The zero-order chi connectivity index (χ0) is 10.0. The third-order valence-corrected chi connectivity index (χ3v) is 1.71. The van der Waals surface area contributed by atoms with Crippen LogP contribution < -0.4 is 5.46 Å². The second kappa shape index (κ2) is 3.59. The minimum Gasteiger partial charge on any atom is -0.508 e. The molecule has 0 saturated heterocycles. The van der Waals surface area contributed by atoms with E-state index in [1.54, 1.807) is 0 Å². The van der Waals surface area contributed by atoms with Gasteiger partial charge < -0.3 is 15.2 Å². The number of carbonyl (C=O) groups is 1. The molecule has 1 aromatic rings. The Morgan fingerprint density at radius 2 is 2.00 bits per heavy atom. The van der Waals surface area contributed by atoms with Crippen molar-refractivity contribution in [2.24, 2.45) is 0 Å². The monoisotopic (exact) mass is 180 g/mol. The third-order valence-electron chi connectivity index (χ3n) is 1.71. The molecule has 0 aromatic heterocycles. The molecule has 0 saturated carbocycles. The molecule has 0 atom stereocenters. The second-order valence-corrected chi connectivity index (χ2v) is 2.70. The van der Waals surface area contributed by atoms with E-state index in [2.05, 4.69) is 0 Å². The Morgan fingerprint density at radius 1 is 1.38 bits per heavy atom. The topological polar surface area (TPSA) is 77.8 Å². The van der Waals surface area contributed by atoms with Crippen molar-refractivity contribution in [3.05, 3.63) is 23.8 Å². The van der Waals surface area contributed by atoms with Gasteiger partial charge in [0.05, 0.1) is 0 Å². The fraction of sp³-hybridized carbons (Fsp3) is 0.125. The van der Waals surface area contributed by atoms with Gasteiger partial charge in [-0.25, -0.2) is 0 Å². The summed E-state index contributed by atoms with van der Waals surface area (Å²) in [7, 11) is -1.76. The molecule has 0 aliphatic carbocycles. The van der Waals surface area contributed by atoms with Gasteiger partial charge in [0.15, 0.2) is 5.78 Å². The van der Waals surface area contributed by atoms with Crippen molar-refractivity contribution in [3.8, 4) is 5.75 Å². The summed E-state index contributed by atoms with van der Waals surface area (Å²) >= 11 is 0. The van der Waals surface area contributed by atoms with Gasteiger partial charge in [0.25, 0.3) is 0 Å². The highest BCUT2D eigenvalue weighted by atomic mass is 16.4. The second-order valence-electron chi connectivity index (χ2n) is 2.70. The molecule has 0 amide bonds. The van der Waals surface area contributed by atoms with Crippen LogP contribution in [-0.4, -0.2) is 28.1 Å². The van der Waals surface area contributed by atoms with Crippen LogP contribution in [-0.2, 0) is 0 Å². The van der Waals surface area contributed by atoms with Gasteiger partial charge in [-0.05, 0) is 25.1 Å². The first kappa shape index (κ1) is 9.76. The molecule has 68 valence electrons. The van der Waals surface area contributed by atoms with E-state index in [1.807, 2.05) is 0 Å². The van der Waals surface area contributed by atoms with E-state index in [1.165, 1.54) is 25.1 Å². The van der Waals surface area contributed by atoms with Crippen molar-refractivity contribution in [1.29, 1.82) is 0 Å². The lowest BCUT2D eigenvalue weighted by molar-refractivity contribution is 0.101. The number of aromatic hydroxyl groups is 1. The number of hydrogen-bond donors (Lipinski definition) is 3. The van der Waals surface area contributed by atoms with Gasteiger partial charge in [-0.3, -0.25) is 4.79 Å². The summed E-state index contributed by atoms with van der Waals surface area (Å²) in [4.78, 5) is 10.9. The van der Waals surface area contributed by atoms with Crippen LogP contribution in [0.4, 0.5) is 0 Å². The zero-order valence-electron chi connectivity index (χ0n) is 7.06. The SMILES string of the molecule is CC(=O)c1ccc(O)c(B(O)O)c1. The normalized spacial score (nSPS) is 9.77. The summed E-state index contributed by atoms with van der Waals surface area (Å²) in [5, 5.41) is 26.7. The molecule has 13 heavy (non-hydrogen) atoms. The van der Waals surface area contributed by atoms with Gasteiger partial charge >= 0.3 is 7.12 Å². The summed E-state index contributed by atoms with van der Waals surface area (Å²) < 4.78 is 0. The number of hydrogen-bond acceptors (Lipinski definition) is 4. The van der Waals surface area contributed by atoms with Crippen LogP contribution >= 0.6 is 0 Å². The smallest absolute Gasteiger partial charge is 0.492 e. The molecule has 0 bridgehead atoms. The average Bonchev–Trinajstić information content (AvgIpc) is 2.04. The Kier molecular flexibility index (Phi) is 2.70. The molecule has 4 nitrogen and oxygen atoms in total. The molecule has 0 heterocycles. The first-order valence-electron chi connectivity index (χ1n) is 3.72. The van der Waals surface area contributed by atoms with Crippen molar-refractivity contribution in [2.45, 2.75) is 6.92 Å². The molecular formula is C8H9BO4. The molecule has 0 aliphatic heterocycles. The quantitative estimate of drug-likeness (QED) is 0.414. The maximum absolute atomic E-state index is 10.9. The number of benzene rings is 1. The van der Waals surface area contributed by atoms with Crippen molar-refractivity contribution < 1.29 is 19.9 Å². The summed E-state index contributed by atoms with van der Waals surface area (Å²) in [6.07, 6.45) is 0. The largest absolute Gasteiger partial charge is 0.508 e. The van der Waals surface area contributed by atoms with Gasteiger partial charge in [-0.2, -0.15) is 0 Å². The Balaban J connectivity index is 3.19. The van der Waals surface area contributed by atoms with E-state index >= 15 is 0 Å². The Labute approximate surface area is 75.6 Å². The van der Waals surface area contributed by atoms with E-state index in [4.69, 9.17) is 15.2 Å². The third kappa shape index (κ3) is 2.08. The van der Waals surface area contributed by atoms with Crippen LogP contribution in [0.5, 0.6) is 5.75 Å². The fourth-order valence-corrected chi connectivity index (χ4v) is 0.980. The summed E-state index contributed by atoms with van der Waals surface area (Å²) in [6.45, 7) is 1.36. The van der Waals surface area contributed by atoms with E-state index in [0.29, 0.717) is 5.56 Å². The molecule has 0 unspecified atom stereocenters. The Morgan fingerprint density at radius 3 is 2.46 bits per heavy atom. The maximum Gasteiger partial charge on any atom is 0.492 e. The number of Topliss-reactive ketones (excluding diaryl/α,β-unsaturated/α-hetero) is 1. The molecule has 0 spiro atoms. The number of phenolic OH excluding ortho intramolecular Hbond substituents is 1. The highest BCUT2D eigenvalue weighted by Crippen LogP contribution is 2.08. The van der Waals surface area contributed by atoms with Gasteiger partial charge in [-0.1, -0.05) is 0 Å². The predicted octanol–water partition coefficient (Wildman–Crippen LogP) is -0.725. The van der Waals surface area contributed by atoms with Crippen LogP contribution in [0.3, 0.4) is 0 Å². The molecule has 5 heteroatoms. The minimum absolute atomic E-state index is 0.0623. The van der Waals surface area contributed by atoms with E-state index in [9.17, 15) is 4.79 Å². The summed E-state index contributed by atoms with van der Waals surface area (Å²) in [5.74, 6) is -0.429. The number of ketones is 1. The first-order chi connectivity index (χ1) is 6.02. The molecule has 0 aliphatic rings. The molecule has 0 fully saturated rings. The zero-order valence-corrected chi connectivity index (χ0v) is 7.06. The number of carbonyl (C=O) groups excluding carboxylic acids is 1. The van der Waals surface area contributed by atoms with E-state index in [0.717, 1.165) is 0 Å². The lowest BCUT2D eigenvalue weighted by Crippen LogP contribution is -2.30. The Hall–Kier alpha value is -1.33. The lowest BCUT2D eigenvalue weighted by Gasteiger charge is -2.04. The highest BCUT2D eigenvalue weighted by Gasteiger charge is 2.17. The van der Waals surface area contributed by atoms with Gasteiger partial charge in [0.1, 0.15) is 5.75 Å². The summed E-state index contributed by atoms with van der Waals surface area (Å²) in [6, 6.07) is 3.93. The van der Waals surface area contributed by atoms with Crippen molar-refractivity contribution in [2.75, 3.05) is 0 Å². The van der Waals surface area contributed by atoms with Crippen molar-refractivity contribution in [3.63, 3.8) is 0 Å². The first-order valence-corrected chi connectivity index (χ1v) is 3.72. The maximum atomic E-state index is 10.9. The molecular weight excluding hydrogens is 171 g/mol. The van der Waals surface area contributed by atoms with Crippen molar-refractivity contribution in [1.82, 2.24) is 0 Å². The lowest BCUT2D eigenvalue weighted by atomic mass is 9.78. The van der Waals surface area contributed by atoms with Crippen LogP contribution in [0.1, 0.15) is 17.3 Å². The van der Waals surface area contributed by atoms with Gasteiger partial charge in [0.2, 0.25) is 0 Å². The number of phenols is 1. The molecule has 0 radical (unpaired) electrons. The standard InChI is InChI=1S/C8H9BO4/c1-5(10)6-2-3-8(11)7(4-6)9(12)13/h2-4,11-13H,1H3. The van der Waals surface area contributed by atoms with Gasteiger partial charge in [0, 0.05) is 11.0 Å². The molecule has 1 rings (SSSR count).